The lowest BCUT2D eigenvalue weighted by Crippen LogP contribution is -2.12. The Morgan fingerprint density at radius 2 is 1.78 bits per heavy atom. The maximum atomic E-state index is 11.5. The van der Waals surface area contributed by atoms with Gasteiger partial charge in [-0.25, -0.2) is 4.79 Å². The van der Waals surface area contributed by atoms with E-state index in [4.69, 9.17) is 9.47 Å². The van der Waals surface area contributed by atoms with Crippen LogP contribution in [0.2, 0.25) is 0 Å². The first-order valence-corrected chi connectivity index (χ1v) is 9.02. The lowest BCUT2D eigenvalue weighted by atomic mass is 10.3. The molecule has 1 aromatic rings. The van der Waals surface area contributed by atoms with Gasteiger partial charge in [0.05, 0.1) is 0 Å². The molecular formula is C13H16N2O6S2. The van der Waals surface area contributed by atoms with Gasteiger partial charge in [0.25, 0.3) is 0 Å². The summed E-state index contributed by atoms with van der Waals surface area (Å²) in [5.74, 6) is 1.34. The van der Waals surface area contributed by atoms with Crippen LogP contribution in [-0.4, -0.2) is 36.8 Å². The lowest BCUT2D eigenvalue weighted by Gasteiger charge is -2.07. The van der Waals surface area contributed by atoms with Gasteiger partial charge in [-0.05, 0) is 24.3 Å². The van der Waals surface area contributed by atoms with E-state index in [-0.39, 0.29) is 19.1 Å². The van der Waals surface area contributed by atoms with E-state index in [0.717, 1.165) is 0 Å². The summed E-state index contributed by atoms with van der Waals surface area (Å²) < 4.78 is 9.88. The zero-order valence-corrected chi connectivity index (χ0v) is 14.0. The van der Waals surface area contributed by atoms with E-state index >= 15 is 0 Å². The maximum Gasteiger partial charge on any atom is 0.513 e. The van der Waals surface area contributed by atoms with E-state index in [1.54, 1.807) is 24.3 Å². The Hall–Kier alpha value is -1.94. The van der Waals surface area contributed by atoms with E-state index in [2.05, 4.69) is 15.5 Å². The monoisotopic (exact) mass is 360 g/mol. The Balaban J connectivity index is 2.14. The second-order valence-corrected chi connectivity index (χ2v) is 6.66. The third kappa shape index (κ3) is 9.63. The summed E-state index contributed by atoms with van der Waals surface area (Å²) in [5.41, 5.74) is 0.611. The number of anilines is 1. The van der Waals surface area contributed by atoms with Crippen molar-refractivity contribution in [2.75, 3.05) is 30.0 Å². The maximum absolute atomic E-state index is 11.5. The number of carbonyl (C=O) groups excluding carboxylic acids is 2. The van der Waals surface area contributed by atoms with Gasteiger partial charge in [-0.1, -0.05) is 21.6 Å². The molecule has 0 fully saturated rings. The molecule has 1 amide bonds. The summed E-state index contributed by atoms with van der Waals surface area (Å²) in [7, 11) is 2.96. The van der Waals surface area contributed by atoms with Crippen LogP contribution in [0.4, 0.5) is 10.5 Å². The fourth-order valence-electron chi connectivity index (χ4n) is 1.32. The molecule has 1 rings (SSSR count). The molecule has 0 bridgehead atoms. The molecule has 126 valence electrons. The summed E-state index contributed by atoms with van der Waals surface area (Å²) >= 11 is 0. The molecule has 0 aliphatic carbocycles. The van der Waals surface area contributed by atoms with Crippen LogP contribution in [0.1, 0.15) is 6.92 Å². The van der Waals surface area contributed by atoms with Gasteiger partial charge in [0.1, 0.15) is 19.0 Å². The molecule has 0 atom stereocenters. The van der Waals surface area contributed by atoms with Crippen molar-refractivity contribution in [1.82, 2.24) is 0 Å². The first-order valence-electron chi connectivity index (χ1n) is 6.53. The molecule has 8 nitrogen and oxygen atoms in total. The molecule has 0 heterocycles. The van der Waals surface area contributed by atoms with Crippen LogP contribution in [0.25, 0.3) is 0 Å². The molecule has 23 heavy (non-hydrogen) atoms. The van der Waals surface area contributed by atoms with E-state index in [9.17, 15) is 14.5 Å². The Kier molecular flexibility index (Phi) is 9.64. The number of benzene rings is 1. The SMILES string of the molecule is CC(=O)Nc1ccc(OC(=O)OCCSSCCON=O)cc1. The van der Waals surface area contributed by atoms with E-state index in [1.165, 1.54) is 28.5 Å². The van der Waals surface area contributed by atoms with Gasteiger partial charge in [0.2, 0.25) is 5.91 Å². The van der Waals surface area contributed by atoms with Gasteiger partial charge in [-0.2, -0.15) is 0 Å². The standard InChI is InChI=1S/C13H16N2O6S2/c1-10(16)14-11-2-4-12(5-3-11)21-13(17)19-6-8-22-23-9-7-20-15-18/h2-5H,6-9H2,1H3,(H,14,16). The highest BCUT2D eigenvalue weighted by atomic mass is 33.1. The number of nitrogens with zero attached hydrogens (tertiary/aromatic N) is 1. The average molecular weight is 360 g/mol. The summed E-state index contributed by atoms with van der Waals surface area (Å²) in [6, 6.07) is 6.34. The number of ether oxygens (including phenoxy) is 2. The third-order valence-electron chi connectivity index (χ3n) is 2.16. The van der Waals surface area contributed by atoms with Crippen molar-refractivity contribution in [3.8, 4) is 5.75 Å². The number of carbonyl (C=O) groups is 2. The topological polar surface area (TPSA) is 103 Å². The van der Waals surface area contributed by atoms with Crippen LogP contribution in [0.5, 0.6) is 5.75 Å². The van der Waals surface area contributed by atoms with Crippen LogP contribution in [-0.2, 0) is 14.4 Å². The molecule has 0 aliphatic heterocycles. The van der Waals surface area contributed by atoms with Crippen molar-refractivity contribution in [1.29, 1.82) is 0 Å². The normalized spacial score (nSPS) is 9.78. The number of amides is 1. The van der Waals surface area contributed by atoms with Gasteiger partial charge in [0, 0.05) is 24.1 Å². The zero-order chi connectivity index (χ0) is 16.9. The van der Waals surface area contributed by atoms with E-state index in [1.807, 2.05) is 0 Å². The minimum absolute atomic E-state index is 0.178. The van der Waals surface area contributed by atoms with Crippen LogP contribution < -0.4 is 10.1 Å². The van der Waals surface area contributed by atoms with Gasteiger partial charge >= 0.3 is 6.16 Å². The van der Waals surface area contributed by atoms with Gasteiger partial charge in [-0.15, -0.1) is 4.91 Å². The van der Waals surface area contributed by atoms with E-state index in [0.29, 0.717) is 22.9 Å². The number of rotatable bonds is 10. The van der Waals surface area contributed by atoms with Crippen LogP contribution in [0.15, 0.2) is 29.6 Å². The zero-order valence-electron chi connectivity index (χ0n) is 12.4. The largest absolute Gasteiger partial charge is 0.513 e. The predicted molar refractivity (Wildman–Crippen MR) is 89.4 cm³/mol. The van der Waals surface area contributed by atoms with Gasteiger partial charge in [0.15, 0.2) is 5.34 Å². The molecule has 0 radical (unpaired) electrons. The second-order valence-electron chi connectivity index (χ2n) is 3.96. The predicted octanol–water partition coefficient (Wildman–Crippen LogP) is 3.24. The Bertz CT molecular complexity index is 512. The molecule has 1 aromatic carbocycles. The smallest absolute Gasteiger partial charge is 0.433 e. The molecular weight excluding hydrogens is 344 g/mol. The minimum Gasteiger partial charge on any atom is -0.433 e. The molecule has 0 spiro atoms. The van der Waals surface area contributed by atoms with E-state index < -0.39 is 6.16 Å². The Morgan fingerprint density at radius 3 is 2.39 bits per heavy atom. The molecule has 10 heteroatoms. The molecule has 0 aliphatic rings. The van der Waals surface area contributed by atoms with Crippen LogP contribution in [0, 0.1) is 4.91 Å². The number of hydrogen-bond donors (Lipinski definition) is 1. The van der Waals surface area contributed by atoms with Gasteiger partial charge in [-0.3, -0.25) is 4.79 Å². The van der Waals surface area contributed by atoms with Gasteiger partial charge < -0.3 is 19.6 Å². The van der Waals surface area contributed by atoms with Crippen molar-refractivity contribution in [2.24, 2.45) is 5.34 Å². The van der Waals surface area contributed by atoms with Crippen molar-refractivity contribution >= 4 is 39.3 Å². The molecule has 0 saturated heterocycles. The quantitative estimate of drug-likeness (QED) is 0.169. The highest BCUT2D eigenvalue weighted by Crippen LogP contribution is 2.20. The van der Waals surface area contributed by atoms with Crippen molar-refractivity contribution in [3.05, 3.63) is 29.2 Å². The Labute approximate surface area is 140 Å². The fraction of sp³-hybridized carbons (Fsp3) is 0.385. The van der Waals surface area contributed by atoms with Crippen LogP contribution in [0.3, 0.4) is 0 Å². The fourth-order valence-corrected chi connectivity index (χ4v) is 2.97. The third-order valence-corrected chi connectivity index (χ3v) is 4.49. The summed E-state index contributed by atoms with van der Waals surface area (Å²) in [6.45, 7) is 1.86. The van der Waals surface area contributed by atoms with Crippen molar-refractivity contribution in [3.63, 3.8) is 0 Å². The van der Waals surface area contributed by atoms with Crippen molar-refractivity contribution < 1.29 is 23.9 Å². The molecule has 1 N–H and O–H groups in total. The summed E-state index contributed by atoms with van der Waals surface area (Å²) in [6.07, 6.45) is -0.795. The summed E-state index contributed by atoms with van der Waals surface area (Å²) in [5, 5.41) is 4.88. The molecule has 0 saturated carbocycles. The average Bonchev–Trinajstić information content (AvgIpc) is 2.51. The summed E-state index contributed by atoms with van der Waals surface area (Å²) in [4.78, 5) is 36.3. The second kappa shape index (κ2) is 11.6. The lowest BCUT2D eigenvalue weighted by molar-refractivity contribution is -0.114. The highest BCUT2D eigenvalue weighted by Gasteiger charge is 2.06. The van der Waals surface area contributed by atoms with Crippen molar-refractivity contribution in [2.45, 2.75) is 6.92 Å². The molecule has 0 unspecified atom stereocenters. The number of hydrogen-bond acceptors (Lipinski definition) is 9. The highest BCUT2D eigenvalue weighted by molar-refractivity contribution is 8.76. The Morgan fingerprint density at radius 1 is 1.13 bits per heavy atom. The van der Waals surface area contributed by atoms with Crippen LogP contribution >= 0.6 is 21.6 Å². The first kappa shape index (κ1) is 19.1. The minimum atomic E-state index is -0.795. The first-order chi connectivity index (χ1) is 11.1. The number of nitrogens with one attached hydrogen (secondary N) is 1. The molecule has 0 aromatic heterocycles.